The van der Waals surface area contributed by atoms with Gasteiger partial charge in [0.15, 0.2) is 11.6 Å². The second-order valence-corrected chi connectivity index (χ2v) is 6.32. The van der Waals surface area contributed by atoms with E-state index in [4.69, 9.17) is 29.0 Å². The van der Waals surface area contributed by atoms with E-state index in [1.165, 1.54) is 18.3 Å². The average Bonchev–Trinajstić information content (AvgIpc) is 2.44. The molecule has 0 saturated heterocycles. The van der Waals surface area contributed by atoms with Crippen LogP contribution in [0.5, 0.6) is 0 Å². The SMILES string of the molecule is NNc1ncccc1S(=O)(=O)Nc1cc(Cl)c(F)c(Cl)c1. The summed E-state index contributed by atoms with van der Waals surface area (Å²) in [6.45, 7) is 0. The highest BCUT2D eigenvalue weighted by molar-refractivity contribution is 7.92. The number of hydrazine groups is 1. The molecule has 0 unspecified atom stereocenters. The zero-order valence-corrected chi connectivity index (χ0v) is 12.6. The third kappa shape index (κ3) is 3.35. The largest absolute Gasteiger partial charge is 0.307 e. The normalized spacial score (nSPS) is 11.2. The molecular formula is C11H9Cl2FN4O2S. The molecule has 0 aliphatic heterocycles. The Hall–Kier alpha value is -1.61. The van der Waals surface area contributed by atoms with Crippen LogP contribution in [-0.2, 0) is 10.0 Å². The molecule has 1 heterocycles. The summed E-state index contributed by atoms with van der Waals surface area (Å²) in [6, 6.07) is 4.94. The molecule has 10 heteroatoms. The number of benzene rings is 1. The first-order valence-corrected chi connectivity index (χ1v) is 7.68. The fourth-order valence-corrected chi connectivity index (χ4v) is 3.19. The van der Waals surface area contributed by atoms with Gasteiger partial charge in [0, 0.05) is 6.20 Å². The maximum absolute atomic E-state index is 13.3. The summed E-state index contributed by atoms with van der Waals surface area (Å²) in [6.07, 6.45) is 1.37. The second kappa shape index (κ2) is 6.02. The highest BCUT2D eigenvalue weighted by atomic mass is 35.5. The molecule has 0 amide bonds. The molecule has 0 aliphatic rings. The van der Waals surface area contributed by atoms with Crippen molar-refractivity contribution in [3.05, 3.63) is 46.3 Å². The van der Waals surface area contributed by atoms with Crippen molar-refractivity contribution < 1.29 is 12.8 Å². The number of hydrogen-bond donors (Lipinski definition) is 3. The molecule has 4 N–H and O–H groups in total. The van der Waals surface area contributed by atoms with Gasteiger partial charge in [0.1, 0.15) is 4.90 Å². The van der Waals surface area contributed by atoms with Crippen LogP contribution in [0.2, 0.25) is 10.0 Å². The lowest BCUT2D eigenvalue weighted by atomic mass is 10.3. The maximum atomic E-state index is 13.3. The van der Waals surface area contributed by atoms with Crippen molar-refractivity contribution in [3.8, 4) is 0 Å². The van der Waals surface area contributed by atoms with Crippen LogP contribution in [0, 0.1) is 5.82 Å². The summed E-state index contributed by atoms with van der Waals surface area (Å²) in [5, 5.41) is -0.605. The first kappa shape index (κ1) is 15.8. The van der Waals surface area contributed by atoms with Crippen molar-refractivity contribution in [3.63, 3.8) is 0 Å². The van der Waals surface area contributed by atoms with Gasteiger partial charge < -0.3 is 5.43 Å². The van der Waals surface area contributed by atoms with Gasteiger partial charge in [0.05, 0.1) is 15.7 Å². The molecule has 1 aromatic carbocycles. The first-order valence-electron chi connectivity index (χ1n) is 5.44. The van der Waals surface area contributed by atoms with E-state index in [2.05, 4.69) is 15.1 Å². The van der Waals surface area contributed by atoms with Crippen LogP contribution < -0.4 is 16.0 Å². The van der Waals surface area contributed by atoms with Gasteiger partial charge in [0.2, 0.25) is 0 Å². The van der Waals surface area contributed by atoms with E-state index in [0.29, 0.717) is 0 Å². The molecule has 21 heavy (non-hydrogen) atoms. The van der Waals surface area contributed by atoms with E-state index in [-0.39, 0.29) is 26.4 Å². The van der Waals surface area contributed by atoms with E-state index < -0.39 is 15.8 Å². The molecule has 0 fully saturated rings. The van der Waals surface area contributed by atoms with Crippen molar-refractivity contribution in [2.75, 3.05) is 10.1 Å². The lowest BCUT2D eigenvalue weighted by Crippen LogP contribution is -2.18. The monoisotopic (exact) mass is 350 g/mol. The number of halogens is 3. The van der Waals surface area contributed by atoms with E-state index in [9.17, 15) is 12.8 Å². The summed E-state index contributed by atoms with van der Waals surface area (Å²) in [5.74, 6) is 4.35. The molecule has 0 spiro atoms. The third-order valence-corrected chi connectivity index (χ3v) is 4.40. The Morgan fingerprint density at radius 1 is 1.24 bits per heavy atom. The van der Waals surface area contributed by atoms with Gasteiger partial charge in [-0.2, -0.15) is 0 Å². The smallest absolute Gasteiger partial charge is 0.265 e. The van der Waals surface area contributed by atoms with Gasteiger partial charge >= 0.3 is 0 Å². The highest BCUT2D eigenvalue weighted by Gasteiger charge is 2.20. The molecule has 1 aromatic heterocycles. The van der Waals surface area contributed by atoms with Gasteiger partial charge in [0.25, 0.3) is 10.0 Å². The molecule has 0 bridgehead atoms. The minimum atomic E-state index is -4.00. The fraction of sp³-hybridized carbons (Fsp3) is 0. The molecular weight excluding hydrogens is 342 g/mol. The highest BCUT2D eigenvalue weighted by Crippen LogP contribution is 2.29. The van der Waals surface area contributed by atoms with E-state index in [0.717, 1.165) is 12.1 Å². The number of nitrogen functional groups attached to an aromatic ring is 1. The summed E-state index contributed by atoms with van der Waals surface area (Å²) >= 11 is 11.2. The van der Waals surface area contributed by atoms with Gasteiger partial charge in [-0.1, -0.05) is 23.2 Å². The van der Waals surface area contributed by atoms with Crippen LogP contribution >= 0.6 is 23.2 Å². The van der Waals surface area contributed by atoms with Crippen molar-refractivity contribution in [1.29, 1.82) is 0 Å². The minimum absolute atomic E-state index is 0.0122. The standard InChI is InChI=1S/C11H9Cl2FN4O2S/c12-7-4-6(5-8(13)10(7)14)18-21(19,20)9-2-1-3-16-11(9)17-15/h1-5,18H,15H2,(H,16,17). The molecule has 0 aliphatic carbocycles. The molecule has 2 rings (SSSR count). The molecule has 6 nitrogen and oxygen atoms in total. The minimum Gasteiger partial charge on any atom is -0.307 e. The van der Waals surface area contributed by atoms with Gasteiger partial charge in [-0.15, -0.1) is 0 Å². The Morgan fingerprint density at radius 3 is 2.43 bits per heavy atom. The molecule has 0 radical (unpaired) electrons. The predicted molar refractivity (Wildman–Crippen MR) is 79.3 cm³/mol. The fourth-order valence-electron chi connectivity index (χ4n) is 1.54. The Labute approximate surface area is 130 Å². The van der Waals surface area contributed by atoms with Crippen molar-refractivity contribution in [2.24, 2.45) is 5.84 Å². The Balaban J connectivity index is 2.42. The molecule has 112 valence electrons. The second-order valence-electron chi connectivity index (χ2n) is 3.85. The number of rotatable bonds is 4. The lowest BCUT2D eigenvalue weighted by molar-refractivity contribution is 0.601. The van der Waals surface area contributed by atoms with E-state index >= 15 is 0 Å². The van der Waals surface area contributed by atoms with Crippen LogP contribution in [0.15, 0.2) is 35.4 Å². The van der Waals surface area contributed by atoms with Crippen molar-refractivity contribution >= 4 is 44.7 Å². The molecule has 0 saturated carbocycles. The molecule has 0 atom stereocenters. The summed E-state index contributed by atoms with van der Waals surface area (Å²) in [4.78, 5) is 3.61. The number of nitrogens with zero attached hydrogens (tertiary/aromatic N) is 1. The maximum Gasteiger partial charge on any atom is 0.265 e. The zero-order valence-electron chi connectivity index (χ0n) is 10.3. The Morgan fingerprint density at radius 2 is 1.86 bits per heavy atom. The topological polar surface area (TPSA) is 97.1 Å². The van der Waals surface area contributed by atoms with Gasteiger partial charge in [-0.3, -0.25) is 4.72 Å². The molecule has 2 aromatic rings. The number of aromatic nitrogens is 1. The van der Waals surface area contributed by atoms with Gasteiger partial charge in [-0.05, 0) is 24.3 Å². The van der Waals surface area contributed by atoms with Gasteiger partial charge in [-0.25, -0.2) is 23.6 Å². The zero-order chi connectivity index (χ0) is 15.6. The number of nitrogens with two attached hydrogens (primary N) is 1. The third-order valence-electron chi connectivity index (χ3n) is 2.43. The van der Waals surface area contributed by atoms with Crippen LogP contribution in [0.25, 0.3) is 0 Å². The number of pyridine rings is 1. The summed E-state index contributed by atoms with van der Waals surface area (Å²) in [7, 11) is -4.00. The summed E-state index contributed by atoms with van der Waals surface area (Å²) in [5.41, 5.74) is 2.19. The van der Waals surface area contributed by atoms with Crippen LogP contribution in [0.4, 0.5) is 15.9 Å². The number of sulfonamides is 1. The first-order chi connectivity index (χ1) is 9.85. The van der Waals surface area contributed by atoms with Crippen LogP contribution in [0.3, 0.4) is 0 Å². The van der Waals surface area contributed by atoms with E-state index in [1.807, 2.05) is 0 Å². The lowest BCUT2D eigenvalue weighted by Gasteiger charge is -2.11. The number of anilines is 2. The Bertz CT molecular complexity index is 763. The Kier molecular flexibility index (Phi) is 4.52. The van der Waals surface area contributed by atoms with Crippen molar-refractivity contribution in [1.82, 2.24) is 4.98 Å². The predicted octanol–water partition coefficient (Wildman–Crippen LogP) is 2.61. The average molecular weight is 351 g/mol. The quantitative estimate of drug-likeness (QED) is 0.447. The van der Waals surface area contributed by atoms with Crippen molar-refractivity contribution in [2.45, 2.75) is 4.90 Å². The summed E-state index contributed by atoms with van der Waals surface area (Å²) < 4.78 is 40.1. The number of nitrogens with one attached hydrogen (secondary N) is 2. The van der Waals surface area contributed by atoms with E-state index in [1.54, 1.807) is 0 Å². The number of hydrogen-bond acceptors (Lipinski definition) is 5. The van der Waals surface area contributed by atoms with Crippen LogP contribution in [0.1, 0.15) is 0 Å². The van der Waals surface area contributed by atoms with Crippen LogP contribution in [-0.4, -0.2) is 13.4 Å².